The highest BCUT2D eigenvalue weighted by atomic mass is 16.5. The van der Waals surface area contributed by atoms with E-state index in [2.05, 4.69) is 6.07 Å². The topological polar surface area (TPSA) is 50.1 Å². The summed E-state index contributed by atoms with van der Waals surface area (Å²) in [6.07, 6.45) is 0. The maximum atomic E-state index is 11.8. The number of carbonyl (C=O) groups excluding carboxylic acids is 1. The van der Waals surface area contributed by atoms with Crippen LogP contribution in [0, 0.1) is 24.2 Å². The second kappa shape index (κ2) is 5.68. The maximum Gasteiger partial charge on any atom is 0.324 e. The lowest BCUT2D eigenvalue weighted by molar-refractivity contribution is -0.147. The van der Waals surface area contributed by atoms with Gasteiger partial charge < -0.3 is 4.74 Å². The van der Waals surface area contributed by atoms with Gasteiger partial charge in [0.2, 0.25) is 0 Å². The highest BCUT2D eigenvalue weighted by molar-refractivity contribution is 5.77. The van der Waals surface area contributed by atoms with Crippen molar-refractivity contribution >= 4 is 5.97 Å². The maximum absolute atomic E-state index is 11.8. The van der Waals surface area contributed by atoms with Gasteiger partial charge in [0.15, 0.2) is 5.92 Å². The number of ether oxygens (including phenoxy) is 1. The summed E-state index contributed by atoms with van der Waals surface area (Å²) in [5, 5.41) is 9.22. The first-order valence-electron chi connectivity index (χ1n) is 6.07. The second-order valence-electron chi connectivity index (χ2n) is 4.90. The van der Waals surface area contributed by atoms with Crippen LogP contribution in [0.2, 0.25) is 0 Å². The first-order chi connectivity index (χ1) is 8.43. The quantitative estimate of drug-likeness (QED) is 0.766. The van der Waals surface area contributed by atoms with E-state index in [4.69, 9.17) is 4.74 Å². The summed E-state index contributed by atoms with van der Waals surface area (Å²) in [7, 11) is 0. The van der Waals surface area contributed by atoms with Crippen LogP contribution in [0.3, 0.4) is 0 Å². The fourth-order valence-electron chi connectivity index (χ4n) is 1.88. The molecule has 0 N–H and O–H groups in total. The van der Waals surface area contributed by atoms with Crippen LogP contribution < -0.4 is 0 Å². The number of nitriles is 1. The largest absolute Gasteiger partial charge is 0.465 e. The molecule has 18 heavy (non-hydrogen) atoms. The van der Waals surface area contributed by atoms with E-state index in [1.807, 2.05) is 45.0 Å². The summed E-state index contributed by atoms with van der Waals surface area (Å²) in [6, 6.07) is 9.95. The summed E-state index contributed by atoms with van der Waals surface area (Å²) in [4.78, 5) is 11.8. The zero-order valence-electron chi connectivity index (χ0n) is 11.4. The lowest BCUT2D eigenvalue weighted by Gasteiger charge is -2.28. The summed E-state index contributed by atoms with van der Waals surface area (Å²) in [6.45, 7) is 7.82. The van der Waals surface area contributed by atoms with Crippen molar-refractivity contribution in [3.05, 3.63) is 35.4 Å². The van der Waals surface area contributed by atoms with Crippen molar-refractivity contribution in [2.75, 3.05) is 6.61 Å². The highest BCUT2D eigenvalue weighted by Crippen LogP contribution is 2.32. The summed E-state index contributed by atoms with van der Waals surface area (Å²) < 4.78 is 4.97. The molecule has 1 rings (SSSR count). The molecule has 0 amide bonds. The van der Waals surface area contributed by atoms with Crippen molar-refractivity contribution in [2.24, 2.45) is 5.92 Å². The van der Waals surface area contributed by atoms with Crippen molar-refractivity contribution in [1.29, 1.82) is 5.26 Å². The Morgan fingerprint density at radius 1 is 1.39 bits per heavy atom. The van der Waals surface area contributed by atoms with Crippen molar-refractivity contribution in [3.8, 4) is 6.07 Å². The highest BCUT2D eigenvalue weighted by Gasteiger charge is 2.37. The monoisotopic (exact) mass is 245 g/mol. The van der Waals surface area contributed by atoms with Gasteiger partial charge in [-0.15, -0.1) is 0 Å². The minimum atomic E-state index is -0.792. The minimum Gasteiger partial charge on any atom is -0.465 e. The number of nitrogens with zero attached hydrogens (tertiary/aromatic N) is 1. The molecule has 0 aliphatic rings. The first-order valence-corrected chi connectivity index (χ1v) is 6.07. The zero-order chi connectivity index (χ0) is 13.8. The van der Waals surface area contributed by atoms with Gasteiger partial charge in [-0.05, 0) is 19.4 Å². The van der Waals surface area contributed by atoms with Gasteiger partial charge in [0, 0.05) is 5.41 Å². The van der Waals surface area contributed by atoms with E-state index >= 15 is 0 Å². The van der Waals surface area contributed by atoms with E-state index in [1.54, 1.807) is 6.92 Å². The Balaban J connectivity index is 3.07. The molecule has 0 aliphatic heterocycles. The molecule has 96 valence electrons. The molecule has 1 unspecified atom stereocenters. The van der Waals surface area contributed by atoms with Crippen LogP contribution in [0.1, 0.15) is 31.9 Å². The molecule has 0 saturated heterocycles. The first kappa shape index (κ1) is 14.2. The zero-order valence-corrected chi connectivity index (χ0v) is 11.4. The molecule has 0 fully saturated rings. The number of hydrogen-bond acceptors (Lipinski definition) is 3. The molecule has 3 heteroatoms. The Kier molecular flexibility index (Phi) is 4.49. The van der Waals surface area contributed by atoms with Gasteiger partial charge in [0.05, 0.1) is 12.7 Å². The molecule has 1 aromatic rings. The van der Waals surface area contributed by atoms with Gasteiger partial charge in [0.25, 0.3) is 0 Å². The normalized spacial score (nSPS) is 12.6. The smallest absolute Gasteiger partial charge is 0.324 e. The third-order valence-corrected chi connectivity index (χ3v) is 3.17. The summed E-state index contributed by atoms with van der Waals surface area (Å²) >= 11 is 0. The van der Waals surface area contributed by atoms with Gasteiger partial charge in [-0.3, -0.25) is 4.79 Å². The Morgan fingerprint density at radius 3 is 2.39 bits per heavy atom. The number of hydrogen-bond donors (Lipinski definition) is 0. The van der Waals surface area contributed by atoms with Crippen molar-refractivity contribution < 1.29 is 9.53 Å². The predicted molar refractivity (Wildman–Crippen MR) is 69.9 cm³/mol. The van der Waals surface area contributed by atoms with Gasteiger partial charge in [-0.2, -0.15) is 5.26 Å². The van der Waals surface area contributed by atoms with Crippen molar-refractivity contribution in [3.63, 3.8) is 0 Å². The van der Waals surface area contributed by atoms with Crippen LogP contribution in [0.15, 0.2) is 24.3 Å². The van der Waals surface area contributed by atoms with Gasteiger partial charge in [0.1, 0.15) is 0 Å². The Bertz CT molecular complexity index is 454. The van der Waals surface area contributed by atoms with E-state index in [9.17, 15) is 10.1 Å². The standard InChI is InChI=1S/C15H19NO2/c1-5-18-14(17)13(10-16)15(3,4)12-8-6-11(2)7-9-12/h6-9,13H,5H2,1-4H3. The van der Waals surface area contributed by atoms with E-state index in [0.29, 0.717) is 6.61 Å². The Labute approximate surface area is 108 Å². The molecule has 1 aromatic carbocycles. The minimum absolute atomic E-state index is 0.293. The predicted octanol–water partition coefficient (Wildman–Crippen LogP) is 2.98. The van der Waals surface area contributed by atoms with E-state index in [0.717, 1.165) is 11.1 Å². The molecule has 0 heterocycles. The van der Waals surface area contributed by atoms with Crippen molar-refractivity contribution in [1.82, 2.24) is 0 Å². The average molecular weight is 245 g/mol. The van der Waals surface area contributed by atoms with E-state index in [1.165, 1.54) is 0 Å². The molecule has 0 aliphatic carbocycles. The number of aryl methyl sites for hydroxylation is 1. The number of rotatable bonds is 4. The SMILES string of the molecule is CCOC(=O)C(C#N)C(C)(C)c1ccc(C)cc1. The van der Waals surface area contributed by atoms with Gasteiger partial charge in [-0.1, -0.05) is 43.7 Å². The molecule has 0 bridgehead atoms. The molecular formula is C15H19NO2. The number of benzene rings is 1. The summed E-state index contributed by atoms with van der Waals surface area (Å²) in [5.41, 5.74) is 1.56. The fourth-order valence-corrected chi connectivity index (χ4v) is 1.88. The van der Waals surface area contributed by atoms with Crippen LogP contribution >= 0.6 is 0 Å². The molecule has 3 nitrogen and oxygen atoms in total. The van der Waals surface area contributed by atoms with Crippen LogP contribution in [-0.4, -0.2) is 12.6 Å². The summed E-state index contributed by atoms with van der Waals surface area (Å²) in [5.74, 6) is -1.24. The van der Waals surface area contributed by atoms with Crippen LogP contribution in [0.5, 0.6) is 0 Å². The molecule has 0 spiro atoms. The fraction of sp³-hybridized carbons (Fsp3) is 0.467. The third-order valence-electron chi connectivity index (χ3n) is 3.17. The van der Waals surface area contributed by atoms with Crippen LogP contribution in [0.4, 0.5) is 0 Å². The Morgan fingerprint density at radius 2 is 1.94 bits per heavy atom. The number of esters is 1. The molecule has 0 aromatic heterocycles. The van der Waals surface area contributed by atoms with Gasteiger partial charge in [-0.25, -0.2) is 0 Å². The molecular weight excluding hydrogens is 226 g/mol. The van der Waals surface area contributed by atoms with Gasteiger partial charge >= 0.3 is 5.97 Å². The van der Waals surface area contributed by atoms with Crippen molar-refractivity contribution in [2.45, 2.75) is 33.1 Å². The van der Waals surface area contributed by atoms with Crippen LogP contribution in [-0.2, 0) is 14.9 Å². The lowest BCUT2D eigenvalue weighted by Crippen LogP contribution is -2.35. The second-order valence-corrected chi connectivity index (χ2v) is 4.90. The van der Waals surface area contributed by atoms with E-state index in [-0.39, 0.29) is 0 Å². The average Bonchev–Trinajstić information content (AvgIpc) is 2.30. The molecule has 0 saturated carbocycles. The molecule has 0 radical (unpaired) electrons. The van der Waals surface area contributed by atoms with E-state index < -0.39 is 17.3 Å². The lowest BCUT2D eigenvalue weighted by atomic mass is 9.74. The van der Waals surface area contributed by atoms with Crippen LogP contribution in [0.25, 0.3) is 0 Å². The third kappa shape index (κ3) is 2.89. The number of carbonyl (C=O) groups is 1. The molecule has 1 atom stereocenters. The Hall–Kier alpha value is -1.82.